The van der Waals surface area contributed by atoms with Crippen LogP contribution in [0.25, 0.3) is 0 Å². The third kappa shape index (κ3) is 4.64. The summed E-state index contributed by atoms with van der Waals surface area (Å²) in [6.07, 6.45) is 4.83. The van der Waals surface area contributed by atoms with Crippen LogP contribution in [-0.2, 0) is 11.3 Å². The summed E-state index contributed by atoms with van der Waals surface area (Å²) < 4.78 is 16.7. The van der Waals surface area contributed by atoms with Gasteiger partial charge in [-0.3, -0.25) is 9.88 Å². The fourth-order valence-electron chi connectivity index (χ4n) is 2.56. The zero-order valence-electron chi connectivity index (χ0n) is 13.2. The molecule has 1 aromatic heterocycles. The number of aromatic nitrogens is 2. The summed E-state index contributed by atoms with van der Waals surface area (Å²) in [6, 6.07) is 8.14. The zero-order chi connectivity index (χ0) is 15.9. The van der Waals surface area contributed by atoms with Crippen molar-refractivity contribution >= 4 is 0 Å². The summed E-state index contributed by atoms with van der Waals surface area (Å²) in [5.41, 5.74) is 1.24. The smallest absolute Gasteiger partial charge is 0.232 e. The lowest BCUT2D eigenvalue weighted by Gasteiger charge is -2.23. The van der Waals surface area contributed by atoms with Gasteiger partial charge in [0.25, 0.3) is 0 Å². The van der Waals surface area contributed by atoms with Crippen LogP contribution >= 0.6 is 0 Å². The molecule has 6 heteroatoms. The molecule has 0 amide bonds. The monoisotopic (exact) mass is 315 g/mol. The first kappa shape index (κ1) is 15.7. The predicted octanol–water partition coefficient (Wildman–Crippen LogP) is 1.76. The molecule has 0 saturated carbocycles. The number of benzene rings is 1. The Hall–Kier alpha value is -2.18. The molecule has 0 spiro atoms. The molecule has 0 N–H and O–H groups in total. The largest absolute Gasteiger partial charge is 0.497 e. The van der Waals surface area contributed by atoms with Crippen molar-refractivity contribution < 1.29 is 14.2 Å². The van der Waals surface area contributed by atoms with Crippen molar-refractivity contribution in [3.63, 3.8) is 0 Å². The Kier molecular flexibility index (Phi) is 5.39. The van der Waals surface area contributed by atoms with Crippen molar-refractivity contribution in [2.75, 3.05) is 33.4 Å². The van der Waals surface area contributed by atoms with Gasteiger partial charge >= 0.3 is 0 Å². The first-order valence-electron chi connectivity index (χ1n) is 7.69. The van der Waals surface area contributed by atoms with E-state index in [1.165, 1.54) is 5.56 Å². The van der Waals surface area contributed by atoms with Crippen LogP contribution in [0.15, 0.2) is 42.9 Å². The number of hydrogen-bond donors (Lipinski definition) is 0. The van der Waals surface area contributed by atoms with Gasteiger partial charge in [-0.2, -0.15) is 0 Å². The Labute approximate surface area is 136 Å². The molecule has 1 aromatic carbocycles. The quantitative estimate of drug-likeness (QED) is 0.838. The highest BCUT2D eigenvalue weighted by molar-refractivity contribution is 5.27. The van der Waals surface area contributed by atoms with Crippen LogP contribution in [0.3, 0.4) is 0 Å². The van der Waals surface area contributed by atoms with Crippen LogP contribution in [-0.4, -0.2) is 54.4 Å². The highest BCUT2D eigenvalue weighted by atomic mass is 16.5. The molecule has 1 aliphatic rings. The van der Waals surface area contributed by atoms with Crippen molar-refractivity contribution in [3.8, 4) is 11.6 Å². The predicted molar refractivity (Wildman–Crippen MR) is 85.5 cm³/mol. The highest BCUT2D eigenvalue weighted by Crippen LogP contribution is 2.15. The molecule has 2 aromatic rings. The molecule has 122 valence electrons. The molecule has 0 unspecified atom stereocenters. The van der Waals surface area contributed by atoms with E-state index in [1.54, 1.807) is 25.7 Å². The third-order valence-electron chi connectivity index (χ3n) is 3.71. The minimum absolute atomic E-state index is 0.0487. The maximum absolute atomic E-state index is 5.88. The van der Waals surface area contributed by atoms with Crippen molar-refractivity contribution in [3.05, 3.63) is 48.4 Å². The van der Waals surface area contributed by atoms with E-state index in [0.29, 0.717) is 19.1 Å². The van der Waals surface area contributed by atoms with E-state index in [-0.39, 0.29) is 6.10 Å². The van der Waals surface area contributed by atoms with E-state index in [4.69, 9.17) is 14.2 Å². The molecular formula is C17H21N3O3. The van der Waals surface area contributed by atoms with Gasteiger partial charge in [-0.1, -0.05) is 12.1 Å². The molecule has 6 nitrogen and oxygen atoms in total. The van der Waals surface area contributed by atoms with Gasteiger partial charge in [0.05, 0.1) is 26.5 Å². The van der Waals surface area contributed by atoms with Gasteiger partial charge in [0.15, 0.2) is 0 Å². The lowest BCUT2D eigenvalue weighted by atomic mass is 10.2. The average molecular weight is 315 g/mol. The molecular weight excluding hydrogens is 294 g/mol. The van der Waals surface area contributed by atoms with Crippen molar-refractivity contribution in [1.29, 1.82) is 0 Å². The Morgan fingerprint density at radius 3 is 2.87 bits per heavy atom. The van der Waals surface area contributed by atoms with Gasteiger partial charge in [-0.05, 0) is 17.7 Å². The van der Waals surface area contributed by atoms with Gasteiger partial charge in [0.2, 0.25) is 5.88 Å². The minimum atomic E-state index is -0.0487. The Morgan fingerprint density at radius 2 is 2.13 bits per heavy atom. The van der Waals surface area contributed by atoms with Crippen molar-refractivity contribution in [2.24, 2.45) is 0 Å². The Bertz CT molecular complexity index is 592. The van der Waals surface area contributed by atoms with Gasteiger partial charge < -0.3 is 14.2 Å². The maximum Gasteiger partial charge on any atom is 0.232 e. The summed E-state index contributed by atoms with van der Waals surface area (Å²) in [6.45, 7) is 3.80. The number of rotatable bonds is 5. The van der Waals surface area contributed by atoms with E-state index >= 15 is 0 Å². The number of nitrogens with zero attached hydrogens (tertiary/aromatic N) is 3. The SMILES string of the molecule is COc1ccc(CN2CCOC[C@H](Oc3cnccn3)C2)cc1. The Morgan fingerprint density at radius 1 is 1.26 bits per heavy atom. The van der Waals surface area contributed by atoms with Crippen molar-refractivity contribution in [1.82, 2.24) is 14.9 Å². The van der Waals surface area contributed by atoms with Gasteiger partial charge in [-0.15, -0.1) is 0 Å². The number of methoxy groups -OCH3 is 1. The third-order valence-corrected chi connectivity index (χ3v) is 3.71. The molecule has 1 saturated heterocycles. The van der Waals surface area contributed by atoms with Crippen LogP contribution in [0.2, 0.25) is 0 Å². The van der Waals surface area contributed by atoms with Crippen LogP contribution in [0.1, 0.15) is 5.56 Å². The lowest BCUT2D eigenvalue weighted by Crippen LogP contribution is -2.35. The topological polar surface area (TPSA) is 56.7 Å². The molecule has 2 heterocycles. The summed E-state index contributed by atoms with van der Waals surface area (Å²) in [7, 11) is 1.68. The fraction of sp³-hybridized carbons (Fsp3) is 0.412. The van der Waals surface area contributed by atoms with E-state index in [1.807, 2.05) is 12.1 Å². The standard InChI is InChI=1S/C17H21N3O3/c1-21-15-4-2-14(3-5-15)11-20-8-9-22-13-16(12-20)23-17-10-18-6-7-19-17/h2-7,10,16H,8-9,11-13H2,1H3/t16-/m1/s1. The molecule has 3 rings (SSSR count). The first-order chi connectivity index (χ1) is 11.3. The summed E-state index contributed by atoms with van der Waals surface area (Å²) in [5, 5.41) is 0. The van der Waals surface area contributed by atoms with Crippen LogP contribution in [0, 0.1) is 0 Å². The van der Waals surface area contributed by atoms with Gasteiger partial charge in [-0.25, -0.2) is 4.98 Å². The van der Waals surface area contributed by atoms with Gasteiger partial charge in [0, 0.05) is 32.0 Å². The molecule has 0 aliphatic carbocycles. The average Bonchev–Trinajstić information content (AvgIpc) is 2.81. The van der Waals surface area contributed by atoms with E-state index in [2.05, 4.69) is 27.0 Å². The van der Waals surface area contributed by atoms with Crippen LogP contribution in [0.5, 0.6) is 11.6 Å². The molecule has 0 bridgehead atoms. The fourth-order valence-corrected chi connectivity index (χ4v) is 2.56. The second-order valence-electron chi connectivity index (χ2n) is 5.44. The van der Waals surface area contributed by atoms with Crippen LogP contribution < -0.4 is 9.47 Å². The molecule has 0 radical (unpaired) electrons. The van der Waals surface area contributed by atoms with E-state index in [9.17, 15) is 0 Å². The van der Waals surface area contributed by atoms with Gasteiger partial charge in [0.1, 0.15) is 11.9 Å². The second kappa shape index (κ2) is 7.89. The normalized spacial score (nSPS) is 19.1. The van der Waals surface area contributed by atoms with E-state index < -0.39 is 0 Å². The summed E-state index contributed by atoms with van der Waals surface area (Å²) in [4.78, 5) is 10.5. The van der Waals surface area contributed by atoms with E-state index in [0.717, 1.165) is 25.4 Å². The maximum atomic E-state index is 5.88. The molecule has 1 fully saturated rings. The number of ether oxygens (including phenoxy) is 3. The lowest BCUT2D eigenvalue weighted by molar-refractivity contribution is 0.0681. The van der Waals surface area contributed by atoms with Crippen molar-refractivity contribution in [2.45, 2.75) is 12.6 Å². The minimum Gasteiger partial charge on any atom is -0.497 e. The second-order valence-corrected chi connectivity index (χ2v) is 5.44. The number of hydrogen-bond acceptors (Lipinski definition) is 6. The molecule has 1 atom stereocenters. The molecule has 23 heavy (non-hydrogen) atoms. The summed E-state index contributed by atoms with van der Waals surface area (Å²) >= 11 is 0. The Balaban J connectivity index is 1.60. The van der Waals surface area contributed by atoms with Crippen LogP contribution in [0.4, 0.5) is 0 Å². The summed E-state index contributed by atoms with van der Waals surface area (Å²) in [5.74, 6) is 1.41. The highest BCUT2D eigenvalue weighted by Gasteiger charge is 2.20. The molecule has 1 aliphatic heterocycles. The zero-order valence-corrected chi connectivity index (χ0v) is 13.2. The first-order valence-corrected chi connectivity index (χ1v) is 7.69.